The van der Waals surface area contributed by atoms with Gasteiger partial charge in [0.2, 0.25) is 0 Å². The minimum absolute atomic E-state index is 0.161. The molecule has 0 bridgehead atoms. The predicted octanol–water partition coefficient (Wildman–Crippen LogP) is 3.85. The van der Waals surface area contributed by atoms with Crippen LogP contribution >= 0.6 is 12.2 Å². The number of nitrogens with one attached hydrogen (secondary N) is 1. The molecule has 1 atom stereocenters. The number of anilines is 1. The average Bonchev–Trinajstić information content (AvgIpc) is 2.98. The number of hydrogen-bond acceptors (Lipinski definition) is 2. The molecule has 0 fully saturated rings. The van der Waals surface area contributed by atoms with Gasteiger partial charge in [-0.25, -0.2) is 0 Å². The highest BCUT2D eigenvalue weighted by atomic mass is 32.1. The zero-order valence-electron chi connectivity index (χ0n) is 12.9. The smallest absolute Gasteiger partial charge is 0.144 e. The van der Waals surface area contributed by atoms with Crippen molar-refractivity contribution in [2.75, 3.05) is 18.5 Å². The normalized spacial score (nSPS) is 19.5. The quantitative estimate of drug-likeness (QED) is 0.636. The van der Waals surface area contributed by atoms with E-state index in [0.717, 1.165) is 18.0 Å². The van der Waals surface area contributed by atoms with Crippen molar-refractivity contribution >= 4 is 33.8 Å². The fourth-order valence-corrected chi connectivity index (χ4v) is 4.45. The van der Waals surface area contributed by atoms with Crippen LogP contribution in [-0.4, -0.2) is 28.5 Å². The fourth-order valence-electron chi connectivity index (χ4n) is 4.08. The van der Waals surface area contributed by atoms with E-state index in [4.69, 9.17) is 12.2 Å². The van der Waals surface area contributed by atoms with Gasteiger partial charge < -0.3 is 14.8 Å². The molecule has 2 aliphatic heterocycles. The van der Waals surface area contributed by atoms with Crippen LogP contribution < -0.4 is 4.90 Å². The van der Waals surface area contributed by atoms with E-state index in [1.165, 1.54) is 33.4 Å². The molecule has 3 aromatic rings. The van der Waals surface area contributed by atoms with Crippen LogP contribution in [0.25, 0.3) is 10.9 Å². The Balaban J connectivity index is 1.75. The third kappa shape index (κ3) is 1.67. The van der Waals surface area contributed by atoms with Crippen molar-refractivity contribution < 1.29 is 0 Å². The first-order valence-electron chi connectivity index (χ1n) is 7.98. The monoisotopic (exact) mass is 319 g/mol. The summed E-state index contributed by atoms with van der Waals surface area (Å²) >= 11 is 5.81. The summed E-state index contributed by atoms with van der Waals surface area (Å²) < 4.78 is 0. The minimum atomic E-state index is 0.161. The zero-order chi connectivity index (χ0) is 15.6. The van der Waals surface area contributed by atoms with E-state index >= 15 is 0 Å². The number of rotatable bonds is 0. The Labute approximate surface area is 140 Å². The topological polar surface area (TPSA) is 22.3 Å². The van der Waals surface area contributed by atoms with Gasteiger partial charge in [0.05, 0.1) is 5.69 Å². The van der Waals surface area contributed by atoms with Crippen molar-refractivity contribution in [3.05, 3.63) is 65.4 Å². The lowest BCUT2D eigenvalue weighted by atomic mass is 9.96. The van der Waals surface area contributed by atoms with Crippen molar-refractivity contribution in [2.24, 2.45) is 0 Å². The molecule has 0 aliphatic carbocycles. The first kappa shape index (κ1) is 13.1. The van der Waals surface area contributed by atoms with Crippen LogP contribution in [0.2, 0.25) is 0 Å². The Bertz CT molecular complexity index is 943. The van der Waals surface area contributed by atoms with Crippen LogP contribution in [0, 0.1) is 0 Å². The Morgan fingerprint density at radius 1 is 1.09 bits per heavy atom. The van der Waals surface area contributed by atoms with Gasteiger partial charge in [0.1, 0.15) is 11.2 Å². The molecule has 4 heteroatoms. The molecule has 3 nitrogen and oxygen atoms in total. The third-order valence-electron chi connectivity index (χ3n) is 5.14. The number of benzene rings is 2. The predicted molar refractivity (Wildman–Crippen MR) is 98.0 cm³/mol. The highest BCUT2D eigenvalue weighted by molar-refractivity contribution is 7.80. The van der Waals surface area contributed by atoms with Crippen LogP contribution in [0.15, 0.2) is 48.5 Å². The standard InChI is InChI=1S/C19H17N3S/c1-21-16-9-5-3-7-14(16)19(23)22-11-10-13-12-6-2-4-8-15(12)20-17(13)18(21)22/h2-9,18,20H,10-11H2,1H3. The molecular formula is C19H17N3S. The van der Waals surface area contributed by atoms with Gasteiger partial charge in [-0.15, -0.1) is 0 Å². The van der Waals surface area contributed by atoms with Gasteiger partial charge in [-0.3, -0.25) is 0 Å². The second kappa shape index (κ2) is 4.59. The van der Waals surface area contributed by atoms with Crippen LogP contribution in [0.4, 0.5) is 5.69 Å². The van der Waals surface area contributed by atoms with Gasteiger partial charge in [0.25, 0.3) is 0 Å². The molecular weight excluding hydrogens is 302 g/mol. The first-order chi connectivity index (χ1) is 11.3. The van der Waals surface area contributed by atoms with Crippen molar-refractivity contribution in [2.45, 2.75) is 12.6 Å². The molecule has 0 radical (unpaired) electrons. The molecule has 1 N–H and O–H groups in total. The summed E-state index contributed by atoms with van der Waals surface area (Å²) in [5.74, 6) is 0. The number of para-hydroxylation sites is 2. The van der Waals surface area contributed by atoms with Crippen LogP contribution in [0.1, 0.15) is 23.0 Å². The maximum Gasteiger partial charge on any atom is 0.144 e. The molecule has 5 rings (SSSR count). The minimum Gasteiger partial charge on any atom is -0.355 e. The molecule has 0 amide bonds. The Hall–Kier alpha value is -2.33. The van der Waals surface area contributed by atoms with Crippen LogP contribution in [0.5, 0.6) is 0 Å². The second-order valence-electron chi connectivity index (χ2n) is 6.31. The van der Waals surface area contributed by atoms with Gasteiger partial charge in [-0.05, 0) is 30.2 Å². The summed E-state index contributed by atoms with van der Waals surface area (Å²) in [4.78, 5) is 9.32. The van der Waals surface area contributed by atoms with Crippen molar-refractivity contribution in [3.63, 3.8) is 0 Å². The maximum absolute atomic E-state index is 5.81. The second-order valence-corrected chi connectivity index (χ2v) is 6.70. The highest BCUT2D eigenvalue weighted by Crippen LogP contribution is 2.42. The van der Waals surface area contributed by atoms with E-state index in [1.807, 2.05) is 0 Å². The largest absolute Gasteiger partial charge is 0.355 e. The summed E-state index contributed by atoms with van der Waals surface area (Å²) in [5.41, 5.74) is 6.33. The summed E-state index contributed by atoms with van der Waals surface area (Å²) in [6.45, 7) is 0.969. The average molecular weight is 319 g/mol. The van der Waals surface area contributed by atoms with E-state index in [1.54, 1.807) is 0 Å². The maximum atomic E-state index is 5.81. The van der Waals surface area contributed by atoms with Crippen molar-refractivity contribution in [1.82, 2.24) is 9.88 Å². The molecule has 1 unspecified atom stereocenters. The Kier molecular flexibility index (Phi) is 2.62. The van der Waals surface area contributed by atoms with Crippen LogP contribution in [0.3, 0.4) is 0 Å². The van der Waals surface area contributed by atoms with Gasteiger partial charge in [0.15, 0.2) is 0 Å². The summed E-state index contributed by atoms with van der Waals surface area (Å²) in [6, 6.07) is 17.0. The zero-order valence-corrected chi connectivity index (χ0v) is 13.7. The van der Waals surface area contributed by atoms with Gasteiger partial charge in [-0.1, -0.05) is 42.5 Å². The summed E-state index contributed by atoms with van der Waals surface area (Å²) in [7, 11) is 2.17. The van der Waals surface area contributed by atoms with Crippen LogP contribution in [-0.2, 0) is 6.42 Å². The summed E-state index contributed by atoms with van der Waals surface area (Å²) in [6.07, 6.45) is 1.19. The number of nitrogens with zero attached hydrogens (tertiary/aromatic N) is 2. The summed E-state index contributed by atoms with van der Waals surface area (Å²) in [5, 5.41) is 1.35. The number of thiocarbonyl (C=S) groups is 1. The molecule has 23 heavy (non-hydrogen) atoms. The van der Waals surface area contributed by atoms with Gasteiger partial charge in [0, 0.05) is 35.7 Å². The Morgan fingerprint density at radius 3 is 2.78 bits per heavy atom. The molecule has 0 spiro atoms. The molecule has 0 saturated heterocycles. The first-order valence-corrected chi connectivity index (χ1v) is 8.39. The lowest BCUT2D eigenvalue weighted by Crippen LogP contribution is -2.50. The Morgan fingerprint density at radius 2 is 1.87 bits per heavy atom. The molecule has 1 aromatic heterocycles. The van der Waals surface area contributed by atoms with E-state index < -0.39 is 0 Å². The lowest BCUT2D eigenvalue weighted by molar-refractivity contribution is 0.290. The number of aromatic amines is 1. The van der Waals surface area contributed by atoms with E-state index in [-0.39, 0.29) is 6.17 Å². The highest BCUT2D eigenvalue weighted by Gasteiger charge is 2.39. The van der Waals surface area contributed by atoms with Crippen molar-refractivity contribution in [3.8, 4) is 0 Å². The molecule has 114 valence electrons. The van der Waals surface area contributed by atoms with Gasteiger partial charge in [-0.2, -0.15) is 0 Å². The molecule has 2 aromatic carbocycles. The fraction of sp³-hybridized carbons (Fsp3) is 0.211. The SMILES string of the molecule is CN1c2ccccc2C(=S)N2CCc3c([nH]c4ccccc34)C21. The molecule has 2 aliphatic rings. The molecule has 0 saturated carbocycles. The van der Waals surface area contributed by atoms with E-state index in [0.29, 0.717) is 0 Å². The number of H-pyrrole nitrogens is 1. The lowest BCUT2D eigenvalue weighted by Gasteiger charge is -2.47. The van der Waals surface area contributed by atoms with Crippen molar-refractivity contribution in [1.29, 1.82) is 0 Å². The third-order valence-corrected chi connectivity index (χ3v) is 5.60. The molecule has 3 heterocycles. The van der Waals surface area contributed by atoms with E-state index in [2.05, 4.69) is 70.4 Å². The van der Waals surface area contributed by atoms with Gasteiger partial charge >= 0.3 is 0 Å². The number of aromatic nitrogens is 1. The number of fused-ring (bicyclic) bond motifs is 6. The number of hydrogen-bond donors (Lipinski definition) is 1. The van der Waals surface area contributed by atoms with E-state index in [9.17, 15) is 0 Å².